The molecule has 1 atom stereocenters. The summed E-state index contributed by atoms with van der Waals surface area (Å²) in [6.45, 7) is 7.52. The Morgan fingerprint density at radius 1 is 1.06 bits per heavy atom. The average Bonchev–Trinajstić information content (AvgIpc) is 2.42. The molecule has 94 valence electrons. The minimum absolute atomic E-state index is 0.808. The van der Waals surface area contributed by atoms with Gasteiger partial charge in [-0.2, -0.15) is 0 Å². The maximum atomic E-state index is 3.80. The number of hydrogen-bond donors (Lipinski definition) is 1. The summed E-state index contributed by atoms with van der Waals surface area (Å²) in [6.07, 6.45) is 9.88. The smallest absolute Gasteiger partial charge is 0.00798 e. The second-order valence-electron chi connectivity index (χ2n) is 5.67. The van der Waals surface area contributed by atoms with Crippen LogP contribution in [0.5, 0.6) is 0 Å². The lowest BCUT2D eigenvalue weighted by Gasteiger charge is -2.28. The molecule has 1 heterocycles. The third-order valence-corrected chi connectivity index (χ3v) is 4.28. The van der Waals surface area contributed by atoms with Crippen LogP contribution in [0.3, 0.4) is 0 Å². The van der Waals surface area contributed by atoms with Crippen molar-refractivity contribution in [2.24, 2.45) is 5.92 Å². The molecule has 1 N–H and O–H groups in total. The van der Waals surface area contributed by atoms with Crippen molar-refractivity contribution in [3.63, 3.8) is 0 Å². The van der Waals surface area contributed by atoms with E-state index in [0.717, 1.165) is 12.0 Å². The monoisotopic (exact) mass is 224 g/mol. The van der Waals surface area contributed by atoms with Crippen molar-refractivity contribution >= 4 is 0 Å². The largest absolute Gasteiger partial charge is 0.314 e. The molecule has 2 rings (SSSR count). The van der Waals surface area contributed by atoms with Crippen LogP contribution < -0.4 is 5.32 Å². The molecule has 2 fully saturated rings. The van der Waals surface area contributed by atoms with Crippen LogP contribution in [0.2, 0.25) is 0 Å². The second-order valence-corrected chi connectivity index (χ2v) is 5.67. The summed E-state index contributed by atoms with van der Waals surface area (Å²) in [5.41, 5.74) is 0. The van der Waals surface area contributed by atoms with E-state index in [-0.39, 0.29) is 0 Å². The van der Waals surface area contributed by atoms with Crippen molar-refractivity contribution in [2.75, 3.05) is 26.2 Å². The minimum atomic E-state index is 0.808. The molecule has 1 aliphatic heterocycles. The molecule has 0 bridgehead atoms. The van der Waals surface area contributed by atoms with Gasteiger partial charge in [0.15, 0.2) is 0 Å². The van der Waals surface area contributed by atoms with Crippen LogP contribution in [0.15, 0.2) is 0 Å². The summed E-state index contributed by atoms with van der Waals surface area (Å²) < 4.78 is 0. The number of rotatable bonds is 5. The van der Waals surface area contributed by atoms with E-state index >= 15 is 0 Å². The first-order valence-corrected chi connectivity index (χ1v) is 7.34. The highest BCUT2D eigenvalue weighted by atomic mass is 15.1. The van der Waals surface area contributed by atoms with E-state index in [1.807, 2.05) is 0 Å². The van der Waals surface area contributed by atoms with E-state index in [0.29, 0.717) is 0 Å². The van der Waals surface area contributed by atoms with Crippen molar-refractivity contribution in [3.8, 4) is 0 Å². The fourth-order valence-corrected chi connectivity index (χ4v) is 2.93. The Bertz CT molecular complexity index is 189. The van der Waals surface area contributed by atoms with Crippen LogP contribution in [0.25, 0.3) is 0 Å². The number of nitrogens with one attached hydrogen (secondary N) is 1. The molecule has 2 nitrogen and oxygen atoms in total. The van der Waals surface area contributed by atoms with Gasteiger partial charge in [0.05, 0.1) is 0 Å². The first kappa shape index (κ1) is 12.4. The summed E-state index contributed by atoms with van der Waals surface area (Å²) in [4.78, 5) is 2.64. The molecule has 1 saturated carbocycles. The molecule has 0 amide bonds. The van der Waals surface area contributed by atoms with Crippen LogP contribution in [-0.2, 0) is 0 Å². The molecule has 16 heavy (non-hydrogen) atoms. The van der Waals surface area contributed by atoms with Crippen LogP contribution >= 0.6 is 0 Å². The predicted molar refractivity (Wildman–Crippen MR) is 69.7 cm³/mol. The maximum Gasteiger partial charge on any atom is 0.00798 e. The first-order chi connectivity index (χ1) is 7.88. The molecule has 0 spiro atoms. The van der Waals surface area contributed by atoms with Crippen molar-refractivity contribution in [2.45, 2.75) is 57.9 Å². The fraction of sp³-hybridized carbons (Fsp3) is 1.00. The van der Waals surface area contributed by atoms with E-state index < -0.39 is 0 Å². The maximum absolute atomic E-state index is 3.80. The molecule has 0 aromatic heterocycles. The summed E-state index contributed by atoms with van der Waals surface area (Å²) in [5.74, 6) is 1.01. The van der Waals surface area contributed by atoms with Gasteiger partial charge in [0.1, 0.15) is 0 Å². The van der Waals surface area contributed by atoms with Gasteiger partial charge < -0.3 is 10.2 Å². The zero-order valence-electron chi connectivity index (χ0n) is 10.9. The van der Waals surface area contributed by atoms with Gasteiger partial charge in [-0.15, -0.1) is 0 Å². The molecule has 2 heteroatoms. The van der Waals surface area contributed by atoms with E-state index in [4.69, 9.17) is 0 Å². The normalized spacial score (nSPS) is 28.7. The predicted octanol–water partition coefficient (Wildman–Crippen LogP) is 2.64. The molecule has 1 aliphatic carbocycles. The Balaban J connectivity index is 1.62. The lowest BCUT2D eigenvalue weighted by molar-refractivity contribution is 0.270. The standard InChI is InChI=1S/C14H28N2/c1-2-9-16-10-4-7-14(8-11-16)15-12-13-5-3-6-13/h13-15H,2-12H2,1H3. The van der Waals surface area contributed by atoms with Crippen LogP contribution in [-0.4, -0.2) is 37.1 Å². The molecule has 0 aromatic carbocycles. The van der Waals surface area contributed by atoms with Crippen molar-refractivity contribution in [1.29, 1.82) is 0 Å². The van der Waals surface area contributed by atoms with Crippen LogP contribution in [0.4, 0.5) is 0 Å². The number of nitrogens with zero attached hydrogens (tertiary/aromatic N) is 1. The van der Waals surface area contributed by atoms with Crippen LogP contribution in [0.1, 0.15) is 51.9 Å². The molecule has 0 radical (unpaired) electrons. The zero-order chi connectivity index (χ0) is 11.2. The molecule has 0 aromatic rings. The summed E-state index contributed by atoms with van der Waals surface area (Å²) in [7, 11) is 0. The van der Waals surface area contributed by atoms with Gasteiger partial charge in [0.2, 0.25) is 0 Å². The lowest BCUT2D eigenvalue weighted by atomic mass is 9.85. The van der Waals surface area contributed by atoms with Gasteiger partial charge in [0, 0.05) is 6.04 Å². The highest BCUT2D eigenvalue weighted by molar-refractivity contribution is 4.78. The van der Waals surface area contributed by atoms with E-state index in [1.54, 1.807) is 0 Å². The van der Waals surface area contributed by atoms with Gasteiger partial charge in [0.25, 0.3) is 0 Å². The van der Waals surface area contributed by atoms with Crippen molar-refractivity contribution in [3.05, 3.63) is 0 Å². The summed E-state index contributed by atoms with van der Waals surface area (Å²) in [6, 6.07) is 0.808. The van der Waals surface area contributed by atoms with Gasteiger partial charge in [-0.25, -0.2) is 0 Å². The summed E-state index contributed by atoms with van der Waals surface area (Å²) >= 11 is 0. The quantitative estimate of drug-likeness (QED) is 0.772. The molecule has 1 unspecified atom stereocenters. The van der Waals surface area contributed by atoms with Gasteiger partial charge in [-0.3, -0.25) is 0 Å². The molecule has 2 aliphatic rings. The topological polar surface area (TPSA) is 15.3 Å². The third kappa shape index (κ3) is 3.74. The van der Waals surface area contributed by atoms with E-state index in [1.165, 1.54) is 71.1 Å². The summed E-state index contributed by atoms with van der Waals surface area (Å²) in [5, 5.41) is 3.80. The molecule has 1 saturated heterocycles. The Kier molecular flexibility index (Phi) is 5.11. The van der Waals surface area contributed by atoms with Gasteiger partial charge >= 0.3 is 0 Å². The Morgan fingerprint density at radius 3 is 2.62 bits per heavy atom. The van der Waals surface area contributed by atoms with Crippen molar-refractivity contribution in [1.82, 2.24) is 10.2 Å². The Hall–Kier alpha value is -0.0800. The second kappa shape index (κ2) is 6.61. The number of likely N-dealkylation sites (tertiary alicyclic amines) is 1. The third-order valence-electron chi connectivity index (χ3n) is 4.28. The van der Waals surface area contributed by atoms with Crippen molar-refractivity contribution < 1.29 is 0 Å². The number of hydrogen-bond acceptors (Lipinski definition) is 2. The first-order valence-electron chi connectivity index (χ1n) is 7.34. The minimum Gasteiger partial charge on any atom is -0.314 e. The van der Waals surface area contributed by atoms with E-state index in [2.05, 4.69) is 17.1 Å². The zero-order valence-corrected chi connectivity index (χ0v) is 10.9. The SMILES string of the molecule is CCCN1CCCC(NCC2CCC2)CC1. The molecular weight excluding hydrogens is 196 g/mol. The Morgan fingerprint density at radius 2 is 1.94 bits per heavy atom. The molecular formula is C14H28N2. The highest BCUT2D eigenvalue weighted by Crippen LogP contribution is 2.25. The van der Waals surface area contributed by atoms with Gasteiger partial charge in [-0.1, -0.05) is 13.3 Å². The lowest BCUT2D eigenvalue weighted by Crippen LogP contribution is -2.36. The van der Waals surface area contributed by atoms with E-state index in [9.17, 15) is 0 Å². The van der Waals surface area contributed by atoms with Crippen LogP contribution in [0, 0.1) is 5.92 Å². The Labute approximate surface area is 101 Å². The van der Waals surface area contributed by atoms with Gasteiger partial charge in [-0.05, 0) is 70.6 Å². The highest BCUT2D eigenvalue weighted by Gasteiger charge is 2.20. The fourth-order valence-electron chi connectivity index (χ4n) is 2.93. The average molecular weight is 224 g/mol.